The van der Waals surface area contributed by atoms with Crippen LogP contribution in [0.4, 0.5) is 0 Å². The van der Waals surface area contributed by atoms with Gasteiger partial charge >= 0.3 is 0 Å². The van der Waals surface area contributed by atoms with Crippen LogP contribution in [0.1, 0.15) is 70.7 Å². The van der Waals surface area contributed by atoms with Gasteiger partial charge in [0.15, 0.2) is 0 Å². The third-order valence-corrected chi connectivity index (χ3v) is 4.01. The van der Waals surface area contributed by atoms with E-state index in [1.54, 1.807) is 0 Å². The van der Waals surface area contributed by atoms with Crippen LogP contribution in [0.5, 0.6) is 0 Å². The molecule has 1 heterocycles. The second-order valence-electron chi connectivity index (χ2n) is 5.41. The number of hydrogen-bond donors (Lipinski definition) is 0. The average molecular weight is 246 g/mol. The van der Waals surface area contributed by atoms with E-state index in [-0.39, 0.29) is 5.41 Å². The minimum atomic E-state index is 0.199. The maximum absolute atomic E-state index is 5.43. The van der Waals surface area contributed by atoms with Gasteiger partial charge in [0.25, 0.3) is 0 Å². The molecular formula is C16H26N2. The zero-order valence-corrected chi connectivity index (χ0v) is 12.3. The van der Waals surface area contributed by atoms with Gasteiger partial charge in [-0.2, -0.15) is 5.10 Å². The van der Waals surface area contributed by atoms with Crippen molar-refractivity contribution in [3.05, 3.63) is 17.5 Å². The van der Waals surface area contributed by atoms with E-state index < -0.39 is 0 Å². The van der Waals surface area contributed by atoms with E-state index in [9.17, 15) is 0 Å². The minimum Gasteiger partial charge on any atom is -0.271 e. The summed E-state index contributed by atoms with van der Waals surface area (Å²) in [6.07, 6.45) is 13.0. The Bertz CT molecular complexity index is 411. The van der Waals surface area contributed by atoms with Crippen LogP contribution in [-0.2, 0) is 12.5 Å². The van der Waals surface area contributed by atoms with Crippen molar-refractivity contribution in [1.82, 2.24) is 9.78 Å². The third kappa shape index (κ3) is 3.38. The second-order valence-corrected chi connectivity index (χ2v) is 5.41. The molecule has 100 valence electrons. The van der Waals surface area contributed by atoms with Crippen molar-refractivity contribution >= 4 is 0 Å². The first-order valence-corrected chi connectivity index (χ1v) is 7.08. The van der Waals surface area contributed by atoms with E-state index in [1.807, 2.05) is 11.7 Å². The van der Waals surface area contributed by atoms with Gasteiger partial charge in [0.1, 0.15) is 5.69 Å². The van der Waals surface area contributed by atoms with Gasteiger partial charge in [-0.15, -0.1) is 6.42 Å². The highest BCUT2D eigenvalue weighted by Gasteiger charge is 2.27. The van der Waals surface area contributed by atoms with Crippen molar-refractivity contribution in [3.8, 4) is 12.3 Å². The first kappa shape index (κ1) is 14.8. The quantitative estimate of drug-likeness (QED) is 0.524. The van der Waals surface area contributed by atoms with Crippen LogP contribution < -0.4 is 0 Å². The van der Waals surface area contributed by atoms with Gasteiger partial charge in [-0.25, -0.2) is 0 Å². The van der Waals surface area contributed by atoms with Gasteiger partial charge in [0.2, 0.25) is 0 Å². The summed E-state index contributed by atoms with van der Waals surface area (Å²) in [5, 5.41) is 4.37. The number of unbranched alkanes of at least 4 members (excludes halogenated alkanes) is 3. The topological polar surface area (TPSA) is 17.8 Å². The smallest absolute Gasteiger partial charge is 0.135 e. The Kier molecular flexibility index (Phi) is 5.47. The molecule has 2 nitrogen and oxygen atoms in total. The van der Waals surface area contributed by atoms with Gasteiger partial charge in [0, 0.05) is 18.2 Å². The summed E-state index contributed by atoms with van der Waals surface area (Å²) in [5.74, 6) is 2.63. The molecule has 1 aromatic rings. The zero-order valence-electron chi connectivity index (χ0n) is 12.3. The Hall–Kier alpha value is -1.23. The number of aryl methyl sites for hydroxylation is 1. The summed E-state index contributed by atoms with van der Waals surface area (Å²) in [5.41, 5.74) is 2.22. The fourth-order valence-electron chi connectivity index (χ4n) is 2.53. The molecule has 0 N–H and O–H groups in total. The van der Waals surface area contributed by atoms with Gasteiger partial charge in [-0.3, -0.25) is 4.68 Å². The fraction of sp³-hybridized carbons (Fsp3) is 0.688. The molecule has 0 saturated carbocycles. The molecule has 18 heavy (non-hydrogen) atoms. The van der Waals surface area contributed by atoms with Crippen LogP contribution in [0.25, 0.3) is 0 Å². The van der Waals surface area contributed by atoms with Gasteiger partial charge in [-0.05, 0) is 24.8 Å². The van der Waals surface area contributed by atoms with Crippen molar-refractivity contribution in [2.75, 3.05) is 0 Å². The van der Waals surface area contributed by atoms with Crippen molar-refractivity contribution in [2.24, 2.45) is 7.05 Å². The molecule has 0 bridgehead atoms. The number of terminal acetylenes is 1. The molecule has 1 unspecified atom stereocenters. The molecule has 0 aliphatic rings. The molecule has 0 fully saturated rings. The van der Waals surface area contributed by atoms with Crippen LogP contribution in [0.2, 0.25) is 0 Å². The van der Waals surface area contributed by atoms with Crippen LogP contribution in [0.3, 0.4) is 0 Å². The van der Waals surface area contributed by atoms with Crippen molar-refractivity contribution in [3.63, 3.8) is 0 Å². The summed E-state index contributed by atoms with van der Waals surface area (Å²) in [6.45, 7) is 6.83. The van der Waals surface area contributed by atoms with E-state index in [0.29, 0.717) is 0 Å². The SMILES string of the molecule is C#Cc1cc(C(C)(CC)CCCCCC)n(C)n1. The minimum absolute atomic E-state index is 0.199. The summed E-state index contributed by atoms with van der Waals surface area (Å²) < 4.78 is 1.96. The number of aromatic nitrogens is 2. The Morgan fingerprint density at radius 2 is 2.06 bits per heavy atom. The lowest BCUT2D eigenvalue weighted by Crippen LogP contribution is -2.24. The molecule has 0 radical (unpaired) electrons. The van der Waals surface area contributed by atoms with Crippen molar-refractivity contribution < 1.29 is 0 Å². The van der Waals surface area contributed by atoms with Crippen LogP contribution in [0.15, 0.2) is 6.07 Å². The Morgan fingerprint density at radius 1 is 1.33 bits per heavy atom. The summed E-state index contributed by atoms with van der Waals surface area (Å²) >= 11 is 0. The molecule has 0 aliphatic carbocycles. The Morgan fingerprint density at radius 3 is 2.56 bits per heavy atom. The standard InChI is InChI=1S/C16H26N2/c1-6-9-10-11-12-16(4,8-3)15-13-14(7-2)17-18(15)5/h2,13H,6,8-12H2,1,3-5H3. The number of nitrogens with zero attached hydrogens (tertiary/aromatic N) is 2. The van der Waals surface area contributed by atoms with Crippen LogP contribution >= 0.6 is 0 Å². The molecule has 0 saturated heterocycles. The van der Waals surface area contributed by atoms with Crippen LogP contribution in [0, 0.1) is 12.3 Å². The average Bonchev–Trinajstić information content (AvgIpc) is 2.76. The zero-order chi connectivity index (χ0) is 13.6. The summed E-state index contributed by atoms with van der Waals surface area (Å²) in [7, 11) is 2.00. The highest BCUT2D eigenvalue weighted by Crippen LogP contribution is 2.33. The molecular weight excluding hydrogens is 220 g/mol. The molecule has 2 heteroatoms. The van der Waals surface area contributed by atoms with E-state index >= 15 is 0 Å². The Balaban J connectivity index is 2.79. The first-order chi connectivity index (χ1) is 8.57. The second kappa shape index (κ2) is 6.64. The highest BCUT2D eigenvalue weighted by atomic mass is 15.3. The van der Waals surface area contributed by atoms with Crippen LogP contribution in [-0.4, -0.2) is 9.78 Å². The van der Waals surface area contributed by atoms with Crippen molar-refractivity contribution in [1.29, 1.82) is 0 Å². The largest absolute Gasteiger partial charge is 0.271 e. The molecule has 1 aromatic heterocycles. The monoisotopic (exact) mass is 246 g/mol. The van der Waals surface area contributed by atoms with E-state index in [0.717, 1.165) is 12.1 Å². The van der Waals surface area contributed by atoms with Gasteiger partial charge < -0.3 is 0 Å². The molecule has 1 rings (SSSR count). The summed E-state index contributed by atoms with van der Waals surface area (Å²) in [6, 6.07) is 2.07. The van der Waals surface area contributed by atoms with E-state index in [1.165, 1.54) is 37.8 Å². The molecule has 0 aromatic carbocycles. The molecule has 0 amide bonds. The van der Waals surface area contributed by atoms with Gasteiger partial charge in [0.05, 0.1) is 0 Å². The molecule has 1 atom stereocenters. The predicted octanol–water partition coefficient (Wildman–Crippen LogP) is 4.04. The normalized spacial score (nSPS) is 14.2. The van der Waals surface area contributed by atoms with E-state index in [4.69, 9.17) is 6.42 Å². The highest BCUT2D eigenvalue weighted by molar-refractivity contribution is 5.29. The van der Waals surface area contributed by atoms with Crippen molar-refractivity contribution in [2.45, 2.75) is 64.7 Å². The maximum Gasteiger partial charge on any atom is 0.135 e. The lowest BCUT2D eigenvalue weighted by atomic mass is 9.79. The predicted molar refractivity (Wildman–Crippen MR) is 77.5 cm³/mol. The lowest BCUT2D eigenvalue weighted by molar-refractivity contribution is 0.370. The van der Waals surface area contributed by atoms with Gasteiger partial charge in [-0.1, -0.05) is 46.5 Å². The third-order valence-electron chi connectivity index (χ3n) is 4.01. The Labute approximate surface area is 112 Å². The number of rotatable bonds is 7. The lowest BCUT2D eigenvalue weighted by Gasteiger charge is -2.28. The fourth-order valence-corrected chi connectivity index (χ4v) is 2.53. The summed E-state index contributed by atoms with van der Waals surface area (Å²) in [4.78, 5) is 0. The molecule has 0 aliphatic heterocycles. The van der Waals surface area contributed by atoms with E-state index in [2.05, 4.69) is 37.9 Å². The first-order valence-electron chi connectivity index (χ1n) is 7.08. The maximum atomic E-state index is 5.43. The molecule has 0 spiro atoms. The number of hydrogen-bond acceptors (Lipinski definition) is 1.